The Morgan fingerprint density at radius 2 is 1.83 bits per heavy atom. The van der Waals surface area contributed by atoms with Crippen LogP contribution in [0.1, 0.15) is 10.4 Å². The molecule has 1 amide bonds. The molecule has 0 heterocycles. The molecule has 8 heteroatoms. The number of carbonyl (C=O) groups is 1. The zero-order chi connectivity index (χ0) is 17.0. The molecule has 0 aliphatic carbocycles. The van der Waals surface area contributed by atoms with Crippen molar-refractivity contribution in [3.05, 3.63) is 57.1 Å². The average molecular weight is 337 g/mol. The van der Waals surface area contributed by atoms with E-state index in [1.54, 1.807) is 18.2 Å². The summed E-state index contributed by atoms with van der Waals surface area (Å²) in [6.45, 7) is 0. The molecule has 0 bridgehead atoms. The Balaban J connectivity index is 2.25. The van der Waals surface area contributed by atoms with Crippen molar-refractivity contribution in [3.63, 3.8) is 0 Å². The molecule has 7 nitrogen and oxygen atoms in total. The van der Waals surface area contributed by atoms with Crippen LogP contribution in [0, 0.1) is 10.1 Å². The van der Waals surface area contributed by atoms with Crippen LogP contribution >= 0.6 is 11.6 Å². The molecule has 1 N–H and O–H groups in total. The van der Waals surface area contributed by atoms with E-state index in [9.17, 15) is 14.9 Å². The van der Waals surface area contributed by atoms with E-state index in [1.807, 2.05) is 0 Å². The van der Waals surface area contributed by atoms with E-state index in [1.165, 1.54) is 26.4 Å². The second-order valence-electron chi connectivity index (χ2n) is 4.45. The molecule has 0 radical (unpaired) electrons. The minimum absolute atomic E-state index is 0.0299. The Labute approximate surface area is 136 Å². The fraction of sp³-hybridized carbons (Fsp3) is 0.133. The molecule has 2 aromatic rings. The van der Waals surface area contributed by atoms with Crippen molar-refractivity contribution in [2.45, 2.75) is 0 Å². The number of hydrogen-bond acceptors (Lipinski definition) is 5. The van der Waals surface area contributed by atoms with Crippen molar-refractivity contribution in [2.24, 2.45) is 0 Å². The maximum Gasteiger partial charge on any atom is 0.288 e. The van der Waals surface area contributed by atoms with Gasteiger partial charge in [0, 0.05) is 23.4 Å². The van der Waals surface area contributed by atoms with Crippen molar-refractivity contribution in [3.8, 4) is 11.5 Å². The summed E-state index contributed by atoms with van der Waals surface area (Å²) in [5.41, 5.74) is 0.257. The number of nitrogens with zero attached hydrogens (tertiary/aromatic N) is 1. The van der Waals surface area contributed by atoms with Crippen LogP contribution in [0.5, 0.6) is 11.5 Å². The van der Waals surface area contributed by atoms with E-state index in [2.05, 4.69) is 5.32 Å². The van der Waals surface area contributed by atoms with Gasteiger partial charge in [0.05, 0.1) is 19.1 Å². The lowest BCUT2D eigenvalue weighted by molar-refractivity contribution is -0.384. The number of carbonyl (C=O) groups excluding carboxylic acids is 1. The standard InChI is InChI=1S/C15H13ClN2O5/c1-22-13-6-4-10(8-14(13)23-2)17-15(19)9-3-5-11(16)12(7-9)18(20)21/h3-8H,1-2H3,(H,17,19). The van der Waals surface area contributed by atoms with Gasteiger partial charge in [-0.2, -0.15) is 0 Å². The first-order valence-electron chi connectivity index (χ1n) is 6.43. The van der Waals surface area contributed by atoms with Gasteiger partial charge in [0.15, 0.2) is 11.5 Å². The molecule has 0 aliphatic rings. The molecule has 0 saturated carbocycles. The fourth-order valence-corrected chi connectivity index (χ4v) is 2.10. The van der Waals surface area contributed by atoms with Crippen LogP contribution in [-0.4, -0.2) is 25.1 Å². The number of halogens is 1. The SMILES string of the molecule is COc1ccc(NC(=O)c2ccc(Cl)c([N+](=O)[O-])c2)cc1OC. The third-order valence-corrected chi connectivity index (χ3v) is 3.37. The highest BCUT2D eigenvalue weighted by Crippen LogP contribution is 2.30. The minimum Gasteiger partial charge on any atom is -0.493 e. The van der Waals surface area contributed by atoms with Crippen LogP contribution in [0.15, 0.2) is 36.4 Å². The molecule has 2 rings (SSSR count). The molecule has 23 heavy (non-hydrogen) atoms. The smallest absolute Gasteiger partial charge is 0.288 e. The quantitative estimate of drug-likeness (QED) is 0.666. The maximum absolute atomic E-state index is 12.2. The third kappa shape index (κ3) is 3.70. The number of ether oxygens (including phenoxy) is 2. The number of anilines is 1. The summed E-state index contributed by atoms with van der Waals surface area (Å²) in [4.78, 5) is 22.4. The number of nitro groups is 1. The Morgan fingerprint density at radius 3 is 2.43 bits per heavy atom. The summed E-state index contributed by atoms with van der Waals surface area (Å²) < 4.78 is 10.3. The van der Waals surface area contributed by atoms with Gasteiger partial charge in [0.2, 0.25) is 0 Å². The Morgan fingerprint density at radius 1 is 1.13 bits per heavy atom. The van der Waals surface area contributed by atoms with Crippen LogP contribution in [0.4, 0.5) is 11.4 Å². The van der Waals surface area contributed by atoms with Gasteiger partial charge in [-0.25, -0.2) is 0 Å². The van der Waals surface area contributed by atoms with E-state index in [-0.39, 0.29) is 16.3 Å². The summed E-state index contributed by atoms with van der Waals surface area (Å²) in [5, 5.41) is 13.5. The molecule has 0 aromatic heterocycles. The van der Waals surface area contributed by atoms with Gasteiger partial charge in [0.25, 0.3) is 11.6 Å². The molecule has 0 saturated heterocycles. The molecule has 2 aromatic carbocycles. The molecular weight excluding hydrogens is 324 g/mol. The van der Waals surface area contributed by atoms with Gasteiger partial charge < -0.3 is 14.8 Å². The lowest BCUT2D eigenvalue weighted by Gasteiger charge is -2.10. The Bertz CT molecular complexity index is 764. The lowest BCUT2D eigenvalue weighted by atomic mass is 10.2. The van der Waals surface area contributed by atoms with Crippen molar-refractivity contribution in [2.75, 3.05) is 19.5 Å². The van der Waals surface area contributed by atoms with E-state index < -0.39 is 10.8 Å². The largest absolute Gasteiger partial charge is 0.493 e. The number of rotatable bonds is 5. The summed E-state index contributed by atoms with van der Waals surface area (Å²) in [5.74, 6) is 0.469. The second kappa shape index (κ2) is 6.97. The third-order valence-electron chi connectivity index (χ3n) is 3.05. The maximum atomic E-state index is 12.2. The van der Waals surface area contributed by atoms with Crippen LogP contribution in [-0.2, 0) is 0 Å². The highest BCUT2D eigenvalue weighted by atomic mass is 35.5. The molecule has 0 atom stereocenters. The van der Waals surface area contributed by atoms with Crippen LogP contribution in [0.3, 0.4) is 0 Å². The second-order valence-corrected chi connectivity index (χ2v) is 4.85. The minimum atomic E-state index is -0.643. The van der Waals surface area contributed by atoms with Crippen molar-refractivity contribution < 1.29 is 19.2 Å². The first-order valence-corrected chi connectivity index (χ1v) is 6.81. The summed E-state index contributed by atoms with van der Waals surface area (Å²) in [6, 6.07) is 8.69. The zero-order valence-corrected chi connectivity index (χ0v) is 13.1. The topological polar surface area (TPSA) is 90.7 Å². The number of amides is 1. The number of hydrogen-bond donors (Lipinski definition) is 1. The molecule has 120 valence electrons. The van der Waals surface area contributed by atoms with Crippen molar-refractivity contribution in [1.82, 2.24) is 0 Å². The van der Waals surface area contributed by atoms with Crippen LogP contribution in [0.25, 0.3) is 0 Å². The van der Waals surface area contributed by atoms with Crippen molar-refractivity contribution >= 4 is 28.9 Å². The van der Waals surface area contributed by atoms with Gasteiger partial charge in [-0.1, -0.05) is 11.6 Å². The van der Waals surface area contributed by atoms with E-state index in [0.29, 0.717) is 17.2 Å². The van der Waals surface area contributed by atoms with Gasteiger partial charge in [-0.3, -0.25) is 14.9 Å². The molecule has 0 fully saturated rings. The average Bonchev–Trinajstić information content (AvgIpc) is 2.54. The lowest BCUT2D eigenvalue weighted by Crippen LogP contribution is -2.12. The van der Waals surface area contributed by atoms with E-state index >= 15 is 0 Å². The Hall–Kier alpha value is -2.80. The first-order chi connectivity index (χ1) is 11.0. The number of nitro benzene ring substituents is 1. The summed E-state index contributed by atoms with van der Waals surface area (Å²) in [6.07, 6.45) is 0. The zero-order valence-electron chi connectivity index (χ0n) is 12.3. The molecule has 0 aliphatic heterocycles. The molecular formula is C15H13ClN2O5. The highest BCUT2D eigenvalue weighted by Gasteiger charge is 2.16. The predicted octanol–water partition coefficient (Wildman–Crippen LogP) is 3.52. The van der Waals surface area contributed by atoms with E-state index in [0.717, 1.165) is 6.07 Å². The molecule has 0 spiro atoms. The van der Waals surface area contributed by atoms with Gasteiger partial charge in [0.1, 0.15) is 5.02 Å². The fourth-order valence-electron chi connectivity index (χ4n) is 1.91. The van der Waals surface area contributed by atoms with Crippen molar-refractivity contribution in [1.29, 1.82) is 0 Å². The number of nitrogens with one attached hydrogen (secondary N) is 1. The molecule has 0 unspecified atom stereocenters. The van der Waals surface area contributed by atoms with Gasteiger partial charge >= 0.3 is 0 Å². The van der Waals surface area contributed by atoms with Gasteiger partial charge in [-0.15, -0.1) is 0 Å². The Kier molecular flexibility index (Phi) is 5.02. The normalized spacial score (nSPS) is 10.0. The van der Waals surface area contributed by atoms with Crippen LogP contribution < -0.4 is 14.8 Å². The van der Waals surface area contributed by atoms with E-state index in [4.69, 9.17) is 21.1 Å². The first kappa shape index (κ1) is 16.6. The summed E-state index contributed by atoms with van der Waals surface area (Å²) in [7, 11) is 2.98. The monoisotopic (exact) mass is 336 g/mol. The predicted molar refractivity (Wildman–Crippen MR) is 85.6 cm³/mol. The van der Waals surface area contributed by atoms with Gasteiger partial charge in [-0.05, 0) is 24.3 Å². The van der Waals surface area contributed by atoms with Crippen LogP contribution in [0.2, 0.25) is 5.02 Å². The number of methoxy groups -OCH3 is 2. The number of benzene rings is 2. The highest BCUT2D eigenvalue weighted by molar-refractivity contribution is 6.32. The summed E-state index contributed by atoms with van der Waals surface area (Å²) >= 11 is 5.73.